The summed E-state index contributed by atoms with van der Waals surface area (Å²) >= 11 is 6.35. The van der Waals surface area contributed by atoms with E-state index >= 15 is 0 Å². The predicted molar refractivity (Wildman–Crippen MR) is 92.2 cm³/mol. The Morgan fingerprint density at radius 2 is 2.17 bits per heavy atom. The Hall–Kier alpha value is -0.770. The summed E-state index contributed by atoms with van der Waals surface area (Å²) in [6, 6.07) is 6.62. The highest BCUT2D eigenvalue weighted by Crippen LogP contribution is 2.60. The molecule has 4 heteroatoms. The van der Waals surface area contributed by atoms with Crippen LogP contribution in [0.4, 0.5) is 0 Å². The molecule has 1 aliphatic heterocycles. The van der Waals surface area contributed by atoms with Crippen LogP contribution in [0.2, 0.25) is 5.02 Å². The molecule has 4 rings (SSSR count). The van der Waals surface area contributed by atoms with Gasteiger partial charge < -0.3 is 14.8 Å². The summed E-state index contributed by atoms with van der Waals surface area (Å²) in [5, 5.41) is 4.66. The van der Waals surface area contributed by atoms with E-state index in [9.17, 15) is 0 Å². The average Bonchev–Trinajstić information content (AvgIpc) is 3.21. The molecular weight excluding hydrogens is 310 g/mol. The molecule has 23 heavy (non-hydrogen) atoms. The summed E-state index contributed by atoms with van der Waals surface area (Å²) in [6.07, 6.45) is 8.15. The van der Waals surface area contributed by atoms with Crippen molar-refractivity contribution in [1.29, 1.82) is 0 Å². The number of hydrogen-bond donors (Lipinski definition) is 1. The van der Waals surface area contributed by atoms with Crippen molar-refractivity contribution in [2.24, 2.45) is 11.3 Å². The summed E-state index contributed by atoms with van der Waals surface area (Å²) in [5.41, 5.74) is 1.63. The molecule has 2 aliphatic carbocycles. The Bertz CT molecular complexity index is 570. The van der Waals surface area contributed by atoms with Crippen LogP contribution in [-0.4, -0.2) is 32.4 Å². The van der Waals surface area contributed by atoms with Gasteiger partial charge in [0, 0.05) is 29.0 Å². The molecular formula is C19H26ClNO2. The lowest BCUT2D eigenvalue weighted by atomic mass is 9.54. The van der Waals surface area contributed by atoms with Crippen LogP contribution in [0.1, 0.15) is 37.7 Å². The molecule has 0 aromatic heterocycles. The van der Waals surface area contributed by atoms with Gasteiger partial charge >= 0.3 is 0 Å². The van der Waals surface area contributed by atoms with Crippen molar-refractivity contribution >= 4 is 11.6 Å². The van der Waals surface area contributed by atoms with Crippen LogP contribution in [0.15, 0.2) is 18.2 Å². The van der Waals surface area contributed by atoms with Crippen molar-refractivity contribution in [2.75, 3.05) is 20.3 Å². The zero-order valence-electron chi connectivity index (χ0n) is 13.8. The third-order valence-electron chi connectivity index (χ3n) is 6.30. The molecule has 0 amide bonds. The molecule has 3 aliphatic rings. The topological polar surface area (TPSA) is 30.5 Å². The van der Waals surface area contributed by atoms with E-state index in [1.165, 1.54) is 37.7 Å². The Morgan fingerprint density at radius 3 is 2.91 bits per heavy atom. The molecule has 1 aromatic carbocycles. The van der Waals surface area contributed by atoms with Crippen molar-refractivity contribution in [3.63, 3.8) is 0 Å². The first kappa shape index (κ1) is 15.7. The van der Waals surface area contributed by atoms with Crippen molar-refractivity contribution in [2.45, 2.75) is 50.7 Å². The van der Waals surface area contributed by atoms with Crippen molar-refractivity contribution in [1.82, 2.24) is 5.32 Å². The van der Waals surface area contributed by atoms with E-state index in [0.717, 1.165) is 36.3 Å². The molecule has 3 fully saturated rings. The summed E-state index contributed by atoms with van der Waals surface area (Å²) in [4.78, 5) is 0. The minimum atomic E-state index is 0.435. The molecule has 1 saturated heterocycles. The van der Waals surface area contributed by atoms with Gasteiger partial charge in [-0.15, -0.1) is 0 Å². The summed E-state index contributed by atoms with van der Waals surface area (Å²) in [5.74, 6) is 1.56. The average molecular weight is 336 g/mol. The second-order valence-corrected chi connectivity index (χ2v) is 7.73. The Kier molecular flexibility index (Phi) is 4.29. The standard InChI is InChI=1S/C19H26ClNO2/c1-22-14-5-4-13(16(20)12-14)6-10-21-17-15-7-11-23-18(15)19(17)8-2-3-9-19/h4-5,12,15,17-18,21H,2-3,6-11H2,1H3/t15-,17-,18-/m1/s1. The molecule has 2 saturated carbocycles. The lowest BCUT2D eigenvalue weighted by molar-refractivity contribution is -0.130. The fourth-order valence-corrected chi connectivity index (χ4v) is 5.49. The van der Waals surface area contributed by atoms with Crippen LogP contribution >= 0.6 is 11.6 Å². The van der Waals surface area contributed by atoms with Gasteiger partial charge in [-0.2, -0.15) is 0 Å². The molecule has 126 valence electrons. The molecule has 1 spiro atoms. The van der Waals surface area contributed by atoms with Crippen LogP contribution in [0.5, 0.6) is 5.75 Å². The van der Waals surface area contributed by atoms with E-state index in [1.807, 2.05) is 12.1 Å². The van der Waals surface area contributed by atoms with E-state index in [0.29, 0.717) is 17.6 Å². The molecule has 1 N–H and O–H groups in total. The van der Waals surface area contributed by atoms with E-state index in [2.05, 4.69) is 11.4 Å². The van der Waals surface area contributed by atoms with Crippen molar-refractivity contribution < 1.29 is 9.47 Å². The molecule has 1 heterocycles. The van der Waals surface area contributed by atoms with Gasteiger partial charge in [0.15, 0.2) is 0 Å². The third kappa shape index (κ3) is 2.57. The lowest BCUT2D eigenvalue weighted by Crippen LogP contribution is -2.67. The lowest BCUT2D eigenvalue weighted by Gasteiger charge is -2.57. The first-order valence-corrected chi connectivity index (χ1v) is 9.30. The zero-order chi connectivity index (χ0) is 15.9. The number of halogens is 1. The summed E-state index contributed by atoms with van der Waals surface area (Å²) in [6.45, 7) is 1.95. The van der Waals surface area contributed by atoms with Crippen LogP contribution in [0, 0.1) is 11.3 Å². The fourth-order valence-electron chi connectivity index (χ4n) is 5.23. The molecule has 1 aromatic rings. The maximum Gasteiger partial charge on any atom is 0.120 e. The van der Waals surface area contributed by atoms with Crippen molar-refractivity contribution in [3.05, 3.63) is 28.8 Å². The van der Waals surface area contributed by atoms with Gasteiger partial charge in [0.2, 0.25) is 0 Å². The molecule has 0 bridgehead atoms. The first-order valence-electron chi connectivity index (χ1n) is 8.92. The number of ether oxygens (including phenoxy) is 2. The summed E-state index contributed by atoms with van der Waals surface area (Å²) in [7, 11) is 1.67. The smallest absolute Gasteiger partial charge is 0.120 e. The quantitative estimate of drug-likeness (QED) is 0.887. The third-order valence-corrected chi connectivity index (χ3v) is 6.66. The highest BCUT2D eigenvalue weighted by atomic mass is 35.5. The monoisotopic (exact) mass is 335 g/mol. The summed E-state index contributed by atoms with van der Waals surface area (Å²) < 4.78 is 11.3. The van der Waals surface area contributed by atoms with E-state index in [1.54, 1.807) is 7.11 Å². The Labute approximate surface area is 143 Å². The van der Waals surface area contributed by atoms with Gasteiger partial charge in [0.1, 0.15) is 5.75 Å². The van der Waals surface area contributed by atoms with Crippen LogP contribution in [-0.2, 0) is 11.2 Å². The largest absolute Gasteiger partial charge is 0.497 e. The first-order chi connectivity index (χ1) is 11.2. The number of benzene rings is 1. The van der Waals surface area contributed by atoms with Gasteiger partial charge in [-0.1, -0.05) is 30.5 Å². The van der Waals surface area contributed by atoms with Gasteiger partial charge in [0.25, 0.3) is 0 Å². The Balaban J connectivity index is 1.37. The second kappa shape index (κ2) is 6.27. The van der Waals surface area contributed by atoms with E-state index in [4.69, 9.17) is 21.1 Å². The highest BCUT2D eigenvalue weighted by Gasteiger charge is 2.64. The van der Waals surface area contributed by atoms with Gasteiger partial charge in [-0.3, -0.25) is 0 Å². The Morgan fingerprint density at radius 1 is 1.35 bits per heavy atom. The fraction of sp³-hybridized carbons (Fsp3) is 0.684. The number of nitrogens with one attached hydrogen (secondary N) is 1. The maximum atomic E-state index is 6.35. The number of methoxy groups -OCH3 is 1. The minimum absolute atomic E-state index is 0.435. The van der Waals surface area contributed by atoms with E-state index < -0.39 is 0 Å². The van der Waals surface area contributed by atoms with Crippen LogP contribution in [0.25, 0.3) is 0 Å². The van der Waals surface area contributed by atoms with Crippen LogP contribution in [0.3, 0.4) is 0 Å². The van der Waals surface area contributed by atoms with Gasteiger partial charge in [0.05, 0.1) is 13.2 Å². The highest BCUT2D eigenvalue weighted by molar-refractivity contribution is 6.31. The molecule has 3 atom stereocenters. The SMILES string of the molecule is COc1ccc(CCN[C@@H]2[C@H]3CCO[C@H]3C23CCCC3)c(Cl)c1. The zero-order valence-corrected chi connectivity index (χ0v) is 14.6. The number of rotatable bonds is 5. The normalized spacial score (nSPS) is 31.1. The van der Waals surface area contributed by atoms with Crippen LogP contribution < -0.4 is 10.1 Å². The van der Waals surface area contributed by atoms with E-state index in [-0.39, 0.29) is 0 Å². The maximum absolute atomic E-state index is 6.35. The number of fused-ring (bicyclic) bond motifs is 2. The molecule has 0 radical (unpaired) electrons. The second-order valence-electron chi connectivity index (χ2n) is 7.32. The van der Waals surface area contributed by atoms with Gasteiger partial charge in [-0.05, 0) is 49.9 Å². The minimum Gasteiger partial charge on any atom is -0.497 e. The number of hydrogen-bond acceptors (Lipinski definition) is 3. The molecule has 0 unspecified atom stereocenters. The predicted octanol–water partition coefficient (Wildman–Crippen LogP) is 3.83. The van der Waals surface area contributed by atoms with Crippen molar-refractivity contribution in [3.8, 4) is 5.75 Å². The molecule has 3 nitrogen and oxygen atoms in total. The van der Waals surface area contributed by atoms with Gasteiger partial charge in [-0.25, -0.2) is 0 Å².